The van der Waals surface area contributed by atoms with Gasteiger partial charge in [-0.25, -0.2) is 0 Å². The van der Waals surface area contributed by atoms with Gasteiger partial charge in [-0.15, -0.1) is 0 Å². The second-order valence-corrected chi connectivity index (χ2v) is 6.39. The summed E-state index contributed by atoms with van der Waals surface area (Å²) in [6.45, 7) is 4.29. The molecule has 2 heteroatoms. The van der Waals surface area contributed by atoms with E-state index in [4.69, 9.17) is 0 Å². The standard InChI is InChI=1S/C20H23NO/c1-14(2)18-9-5-6-10-19(18)21-20(22)17-12-11-15-7-3-4-8-16(15)13-17/h5-6,9-14H,3-4,7-8H2,1-2H3,(H,21,22). The van der Waals surface area contributed by atoms with Crippen molar-refractivity contribution >= 4 is 11.6 Å². The van der Waals surface area contributed by atoms with Crippen LogP contribution in [0, 0.1) is 0 Å². The number of carbonyl (C=O) groups excluding carboxylic acids is 1. The van der Waals surface area contributed by atoms with Crippen molar-refractivity contribution < 1.29 is 4.79 Å². The molecule has 22 heavy (non-hydrogen) atoms. The van der Waals surface area contributed by atoms with Gasteiger partial charge in [-0.1, -0.05) is 38.1 Å². The normalized spacial score (nSPS) is 13.8. The number of fused-ring (bicyclic) bond motifs is 1. The van der Waals surface area contributed by atoms with E-state index in [0.717, 1.165) is 24.1 Å². The minimum Gasteiger partial charge on any atom is -0.322 e. The number of para-hydroxylation sites is 1. The van der Waals surface area contributed by atoms with Gasteiger partial charge < -0.3 is 5.32 Å². The van der Waals surface area contributed by atoms with Gasteiger partial charge in [0.05, 0.1) is 0 Å². The van der Waals surface area contributed by atoms with E-state index in [1.54, 1.807) is 0 Å². The molecule has 1 amide bonds. The molecule has 0 unspecified atom stereocenters. The van der Waals surface area contributed by atoms with Crippen molar-refractivity contribution in [3.05, 3.63) is 64.7 Å². The van der Waals surface area contributed by atoms with Gasteiger partial charge in [0.1, 0.15) is 0 Å². The highest BCUT2D eigenvalue weighted by atomic mass is 16.1. The van der Waals surface area contributed by atoms with Gasteiger partial charge >= 0.3 is 0 Å². The van der Waals surface area contributed by atoms with E-state index < -0.39 is 0 Å². The SMILES string of the molecule is CC(C)c1ccccc1NC(=O)c1ccc2c(c1)CCCC2. The Balaban J connectivity index is 1.83. The number of hydrogen-bond acceptors (Lipinski definition) is 1. The Morgan fingerprint density at radius 1 is 1.00 bits per heavy atom. The number of aryl methyl sites for hydroxylation is 2. The Labute approximate surface area is 132 Å². The first-order chi connectivity index (χ1) is 10.6. The average molecular weight is 293 g/mol. The highest BCUT2D eigenvalue weighted by molar-refractivity contribution is 6.04. The van der Waals surface area contributed by atoms with Crippen LogP contribution in [-0.4, -0.2) is 5.91 Å². The third-order valence-electron chi connectivity index (χ3n) is 4.44. The van der Waals surface area contributed by atoms with Crippen LogP contribution in [0.2, 0.25) is 0 Å². The lowest BCUT2D eigenvalue weighted by molar-refractivity contribution is 0.102. The number of hydrogen-bond donors (Lipinski definition) is 1. The third-order valence-corrected chi connectivity index (χ3v) is 4.44. The molecular formula is C20H23NO. The van der Waals surface area contributed by atoms with Crippen LogP contribution in [0.25, 0.3) is 0 Å². The number of anilines is 1. The van der Waals surface area contributed by atoms with Crippen molar-refractivity contribution in [2.24, 2.45) is 0 Å². The van der Waals surface area contributed by atoms with Gasteiger partial charge in [-0.2, -0.15) is 0 Å². The summed E-state index contributed by atoms with van der Waals surface area (Å²) >= 11 is 0. The predicted molar refractivity (Wildman–Crippen MR) is 91.6 cm³/mol. The highest BCUT2D eigenvalue weighted by Gasteiger charge is 2.14. The molecule has 114 valence electrons. The lowest BCUT2D eigenvalue weighted by atomic mass is 9.90. The van der Waals surface area contributed by atoms with Crippen molar-refractivity contribution in [1.29, 1.82) is 0 Å². The van der Waals surface area contributed by atoms with Gasteiger partial charge in [0.15, 0.2) is 0 Å². The second kappa shape index (κ2) is 6.35. The Hall–Kier alpha value is -2.09. The summed E-state index contributed by atoms with van der Waals surface area (Å²) in [4.78, 5) is 12.6. The maximum absolute atomic E-state index is 12.6. The van der Waals surface area contributed by atoms with E-state index in [1.807, 2.05) is 24.3 Å². The van der Waals surface area contributed by atoms with Crippen molar-refractivity contribution in [1.82, 2.24) is 0 Å². The van der Waals surface area contributed by atoms with Gasteiger partial charge in [-0.05, 0) is 66.5 Å². The fourth-order valence-electron chi connectivity index (χ4n) is 3.18. The van der Waals surface area contributed by atoms with E-state index in [0.29, 0.717) is 5.92 Å². The number of benzene rings is 2. The quantitative estimate of drug-likeness (QED) is 0.853. The molecule has 1 N–H and O–H groups in total. The minimum absolute atomic E-state index is 0.0125. The third kappa shape index (κ3) is 3.06. The maximum Gasteiger partial charge on any atom is 0.255 e. The summed E-state index contributed by atoms with van der Waals surface area (Å²) in [5.41, 5.74) is 5.61. The Morgan fingerprint density at radius 3 is 2.50 bits per heavy atom. The highest BCUT2D eigenvalue weighted by Crippen LogP contribution is 2.25. The molecule has 0 saturated heterocycles. The number of carbonyl (C=O) groups is 1. The summed E-state index contributed by atoms with van der Waals surface area (Å²) in [6, 6.07) is 14.2. The zero-order valence-electron chi connectivity index (χ0n) is 13.4. The monoisotopic (exact) mass is 293 g/mol. The first kappa shape index (κ1) is 14.8. The molecule has 0 atom stereocenters. The topological polar surface area (TPSA) is 29.1 Å². The van der Waals surface area contributed by atoms with Crippen LogP contribution in [0.4, 0.5) is 5.69 Å². The van der Waals surface area contributed by atoms with Gasteiger partial charge in [0.2, 0.25) is 0 Å². The smallest absolute Gasteiger partial charge is 0.255 e. The largest absolute Gasteiger partial charge is 0.322 e. The molecule has 0 fully saturated rings. The zero-order chi connectivity index (χ0) is 15.5. The lowest BCUT2D eigenvalue weighted by Crippen LogP contribution is -2.15. The predicted octanol–water partition coefficient (Wildman–Crippen LogP) is 4.94. The van der Waals surface area contributed by atoms with Crippen LogP contribution < -0.4 is 5.32 Å². The molecule has 0 spiro atoms. The maximum atomic E-state index is 12.6. The van der Waals surface area contributed by atoms with E-state index in [2.05, 4.69) is 37.4 Å². The van der Waals surface area contributed by atoms with Gasteiger partial charge in [0, 0.05) is 11.3 Å². The number of rotatable bonds is 3. The first-order valence-electron chi connectivity index (χ1n) is 8.17. The Morgan fingerprint density at radius 2 is 1.73 bits per heavy atom. The average Bonchev–Trinajstić information content (AvgIpc) is 2.54. The van der Waals surface area contributed by atoms with Crippen LogP contribution in [0.15, 0.2) is 42.5 Å². The Kier molecular flexibility index (Phi) is 4.28. The molecule has 0 radical (unpaired) electrons. The van der Waals surface area contributed by atoms with Crippen LogP contribution in [0.1, 0.15) is 59.7 Å². The van der Waals surface area contributed by atoms with Gasteiger partial charge in [0.25, 0.3) is 5.91 Å². The Bertz CT molecular complexity index is 688. The van der Waals surface area contributed by atoms with E-state index in [1.165, 1.54) is 29.5 Å². The second-order valence-electron chi connectivity index (χ2n) is 6.39. The molecule has 0 aliphatic heterocycles. The molecule has 2 aromatic rings. The lowest BCUT2D eigenvalue weighted by Gasteiger charge is -2.17. The number of amides is 1. The molecule has 1 aliphatic rings. The molecule has 0 saturated carbocycles. The molecule has 0 bridgehead atoms. The number of nitrogens with one attached hydrogen (secondary N) is 1. The fraction of sp³-hybridized carbons (Fsp3) is 0.350. The molecule has 2 nitrogen and oxygen atoms in total. The molecule has 1 aliphatic carbocycles. The minimum atomic E-state index is -0.0125. The van der Waals surface area contributed by atoms with Crippen LogP contribution in [0.3, 0.4) is 0 Å². The van der Waals surface area contributed by atoms with Crippen LogP contribution >= 0.6 is 0 Å². The van der Waals surface area contributed by atoms with E-state index in [-0.39, 0.29) is 5.91 Å². The van der Waals surface area contributed by atoms with Crippen LogP contribution in [-0.2, 0) is 12.8 Å². The van der Waals surface area contributed by atoms with E-state index in [9.17, 15) is 4.79 Å². The molecule has 3 rings (SSSR count). The molecule has 0 heterocycles. The summed E-state index contributed by atoms with van der Waals surface area (Å²) in [5.74, 6) is 0.376. The summed E-state index contributed by atoms with van der Waals surface area (Å²) in [5, 5.41) is 3.08. The summed E-state index contributed by atoms with van der Waals surface area (Å²) in [7, 11) is 0. The van der Waals surface area contributed by atoms with Crippen molar-refractivity contribution in [2.45, 2.75) is 45.4 Å². The first-order valence-corrected chi connectivity index (χ1v) is 8.17. The molecule has 0 aromatic heterocycles. The van der Waals surface area contributed by atoms with Gasteiger partial charge in [-0.3, -0.25) is 4.79 Å². The molecule has 2 aromatic carbocycles. The molecular weight excluding hydrogens is 270 g/mol. The van der Waals surface area contributed by atoms with Crippen LogP contribution in [0.5, 0.6) is 0 Å². The fourth-order valence-corrected chi connectivity index (χ4v) is 3.18. The van der Waals surface area contributed by atoms with Crippen molar-refractivity contribution in [3.63, 3.8) is 0 Å². The van der Waals surface area contributed by atoms with Crippen molar-refractivity contribution in [3.8, 4) is 0 Å². The van der Waals surface area contributed by atoms with E-state index >= 15 is 0 Å². The zero-order valence-corrected chi connectivity index (χ0v) is 13.4. The summed E-state index contributed by atoms with van der Waals surface area (Å²) < 4.78 is 0. The summed E-state index contributed by atoms with van der Waals surface area (Å²) in [6.07, 6.45) is 4.74. The van der Waals surface area contributed by atoms with Crippen molar-refractivity contribution in [2.75, 3.05) is 5.32 Å².